The lowest BCUT2D eigenvalue weighted by atomic mass is 10.2. The Balaban J connectivity index is 1.92. The van der Waals surface area contributed by atoms with E-state index in [4.69, 9.17) is 0 Å². The third-order valence-corrected chi connectivity index (χ3v) is 2.67. The Morgan fingerprint density at radius 3 is 2.58 bits per heavy atom. The van der Waals surface area contributed by atoms with Crippen molar-refractivity contribution in [3.05, 3.63) is 61.7 Å². The van der Waals surface area contributed by atoms with Crippen LogP contribution in [0.1, 0.15) is 0 Å². The van der Waals surface area contributed by atoms with Gasteiger partial charge in [-0.25, -0.2) is 14.8 Å². The van der Waals surface area contributed by atoms with Gasteiger partial charge in [0.2, 0.25) is 0 Å². The molecule has 0 spiro atoms. The molecule has 0 aliphatic carbocycles. The highest BCUT2D eigenvalue weighted by atomic mass is 16.2. The van der Waals surface area contributed by atoms with Crippen molar-refractivity contribution in [2.24, 2.45) is 0 Å². The molecule has 0 bridgehead atoms. The van der Waals surface area contributed by atoms with Crippen LogP contribution in [-0.4, -0.2) is 25.1 Å². The van der Waals surface area contributed by atoms with Gasteiger partial charge in [-0.2, -0.15) is 0 Å². The largest absolute Gasteiger partial charge is 0.331 e. The molecule has 6 nitrogen and oxygen atoms in total. The Morgan fingerprint density at radius 2 is 1.84 bits per heavy atom. The molecule has 0 atom stereocenters. The molecule has 6 heteroatoms. The predicted molar refractivity (Wildman–Crippen MR) is 70.2 cm³/mol. The van der Waals surface area contributed by atoms with Crippen LogP contribution in [0.4, 0.5) is 10.5 Å². The molecule has 1 N–H and O–H groups in total. The van der Waals surface area contributed by atoms with Crippen molar-refractivity contribution in [3.8, 4) is 5.69 Å². The lowest BCUT2D eigenvalue weighted by molar-refractivity contribution is 0.253. The zero-order valence-corrected chi connectivity index (χ0v) is 9.97. The summed E-state index contributed by atoms with van der Waals surface area (Å²) >= 11 is 0. The summed E-state index contributed by atoms with van der Waals surface area (Å²) in [7, 11) is 0. The fourth-order valence-corrected chi connectivity index (χ4v) is 1.77. The summed E-state index contributed by atoms with van der Waals surface area (Å²) in [5.41, 5.74) is 1.56. The van der Waals surface area contributed by atoms with Gasteiger partial charge in [-0.05, 0) is 12.1 Å². The van der Waals surface area contributed by atoms with Gasteiger partial charge in [-0.15, -0.1) is 0 Å². The molecule has 3 rings (SSSR count). The second-order valence-electron chi connectivity index (χ2n) is 3.89. The van der Waals surface area contributed by atoms with Gasteiger partial charge in [0.05, 0.1) is 17.7 Å². The minimum Gasteiger partial charge on any atom is -0.305 e. The van der Waals surface area contributed by atoms with Crippen molar-refractivity contribution in [1.82, 2.24) is 19.1 Å². The number of aromatic nitrogens is 4. The van der Waals surface area contributed by atoms with Crippen LogP contribution in [0.2, 0.25) is 0 Å². The van der Waals surface area contributed by atoms with Crippen LogP contribution < -0.4 is 5.32 Å². The number of benzene rings is 1. The molecule has 2 aromatic heterocycles. The predicted octanol–water partition coefficient (Wildman–Crippen LogP) is 2.15. The number of carbonyl (C=O) groups is 1. The Kier molecular flexibility index (Phi) is 2.82. The minimum absolute atomic E-state index is 0.259. The van der Waals surface area contributed by atoms with E-state index in [1.54, 1.807) is 24.9 Å². The van der Waals surface area contributed by atoms with Crippen LogP contribution in [0.25, 0.3) is 5.69 Å². The number of imidazole rings is 2. The van der Waals surface area contributed by atoms with Gasteiger partial charge in [0.15, 0.2) is 0 Å². The van der Waals surface area contributed by atoms with E-state index in [0.29, 0.717) is 5.69 Å². The summed E-state index contributed by atoms with van der Waals surface area (Å²) in [6.07, 6.45) is 9.80. The molecule has 1 amide bonds. The third kappa shape index (κ3) is 2.23. The van der Waals surface area contributed by atoms with Crippen LogP contribution in [-0.2, 0) is 0 Å². The Bertz CT molecular complexity index is 673. The van der Waals surface area contributed by atoms with Crippen LogP contribution in [0.3, 0.4) is 0 Å². The van der Waals surface area contributed by atoms with Gasteiger partial charge in [-0.3, -0.25) is 4.57 Å². The molecule has 0 aliphatic heterocycles. The fourth-order valence-electron chi connectivity index (χ4n) is 1.77. The Labute approximate surface area is 109 Å². The maximum absolute atomic E-state index is 12.0. The van der Waals surface area contributed by atoms with Crippen molar-refractivity contribution < 1.29 is 4.79 Å². The number of amides is 1. The molecule has 0 saturated heterocycles. The van der Waals surface area contributed by atoms with Crippen molar-refractivity contribution >= 4 is 11.7 Å². The molecule has 19 heavy (non-hydrogen) atoms. The second-order valence-corrected chi connectivity index (χ2v) is 3.89. The standard InChI is InChI=1S/C13H11N5O/c19-13(18-8-6-15-10-18)16-11-3-1-2-4-12(11)17-7-5-14-9-17/h1-10H,(H,16,19). The number of carbonyl (C=O) groups excluding carboxylic acids is 1. The van der Waals surface area contributed by atoms with Gasteiger partial charge in [0, 0.05) is 24.8 Å². The first kappa shape index (κ1) is 11.2. The molecule has 0 saturated carbocycles. The average Bonchev–Trinajstić information content (AvgIpc) is 3.13. The molecule has 0 fully saturated rings. The molecule has 1 aromatic carbocycles. The highest BCUT2D eigenvalue weighted by Gasteiger charge is 2.08. The first-order valence-electron chi connectivity index (χ1n) is 5.71. The third-order valence-electron chi connectivity index (χ3n) is 2.67. The highest BCUT2D eigenvalue weighted by molar-refractivity contribution is 5.92. The normalized spacial score (nSPS) is 10.3. The molecule has 0 aliphatic rings. The highest BCUT2D eigenvalue weighted by Crippen LogP contribution is 2.19. The van der Waals surface area contributed by atoms with Gasteiger partial charge in [0.25, 0.3) is 0 Å². The molecule has 3 aromatic rings. The number of anilines is 1. The maximum Gasteiger partial charge on any atom is 0.331 e. The van der Waals surface area contributed by atoms with Crippen LogP contribution in [0.5, 0.6) is 0 Å². The quantitative estimate of drug-likeness (QED) is 0.761. The van der Waals surface area contributed by atoms with Crippen molar-refractivity contribution in [1.29, 1.82) is 0 Å². The summed E-state index contributed by atoms with van der Waals surface area (Å²) in [5.74, 6) is 0. The van der Waals surface area contributed by atoms with Crippen LogP contribution >= 0.6 is 0 Å². The summed E-state index contributed by atoms with van der Waals surface area (Å²) in [6, 6.07) is 7.26. The molecular weight excluding hydrogens is 242 g/mol. The number of para-hydroxylation sites is 2. The lowest BCUT2D eigenvalue weighted by Crippen LogP contribution is -2.18. The maximum atomic E-state index is 12.0. The second kappa shape index (κ2) is 4.77. The van der Waals surface area contributed by atoms with E-state index in [9.17, 15) is 4.79 Å². The van der Waals surface area contributed by atoms with E-state index >= 15 is 0 Å². The first-order chi connectivity index (χ1) is 9.34. The minimum atomic E-state index is -0.259. The van der Waals surface area contributed by atoms with Gasteiger partial charge < -0.3 is 9.88 Å². The molecule has 0 unspecified atom stereocenters. The summed E-state index contributed by atoms with van der Waals surface area (Å²) < 4.78 is 3.22. The average molecular weight is 253 g/mol. The number of nitrogens with zero attached hydrogens (tertiary/aromatic N) is 4. The Morgan fingerprint density at radius 1 is 1.05 bits per heavy atom. The van der Waals surface area contributed by atoms with E-state index in [-0.39, 0.29) is 6.03 Å². The smallest absolute Gasteiger partial charge is 0.305 e. The monoisotopic (exact) mass is 253 g/mol. The van der Waals surface area contributed by atoms with Gasteiger partial charge in [0.1, 0.15) is 6.33 Å². The SMILES string of the molecule is O=C(Nc1ccccc1-n1ccnc1)n1ccnc1. The van der Waals surface area contributed by atoms with E-state index in [1.165, 1.54) is 10.9 Å². The van der Waals surface area contributed by atoms with Crippen LogP contribution in [0.15, 0.2) is 61.7 Å². The topological polar surface area (TPSA) is 64.7 Å². The number of hydrogen-bond donors (Lipinski definition) is 1. The van der Waals surface area contributed by atoms with Crippen LogP contribution in [0, 0.1) is 0 Å². The zero-order chi connectivity index (χ0) is 13.1. The number of rotatable bonds is 2. The molecule has 2 heterocycles. The summed E-state index contributed by atoms with van der Waals surface area (Å²) in [5, 5.41) is 2.84. The van der Waals surface area contributed by atoms with E-state index < -0.39 is 0 Å². The van der Waals surface area contributed by atoms with Crippen molar-refractivity contribution in [3.63, 3.8) is 0 Å². The first-order valence-corrected chi connectivity index (χ1v) is 5.71. The molecular formula is C13H11N5O. The van der Waals surface area contributed by atoms with Gasteiger partial charge in [-0.1, -0.05) is 12.1 Å². The van der Waals surface area contributed by atoms with E-state index in [2.05, 4.69) is 15.3 Å². The summed E-state index contributed by atoms with van der Waals surface area (Å²) in [6.45, 7) is 0. The zero-order valence-electron chi connectivity index (χ0n) is 9.97. The number of hydrogen-bond acceptors (Lipinski definition) is 3. The van der Waals surface area contributed by atoms with Crippen molar-refractivity contribution in [2.45, 2.75) is 0 Å². The fraction of sp³-hybridized carbons (Fsp3) is 0. The molecule has 0 radical (unpaired) electrons. The summed E-state index contributed by atoms with van der Waals surface area (Å²) in [4.78, 5) is 19.8. The van der Waals surface area contributed by atoms with Gasteiger partial charge >= 0.3 is 6.03 Å². The number of nitrogens with one attached hydrogen (secondary N) is 1. The van der Waals surface area contributed by atoms with E-state index in [1.807, 2.05) is 35.0 Å². The lowest BCUT2D eigenvalue weighted by Gasteiger charge is -2.11. The van der Waals surface area contributed by atoms with Crippen molar-refractivity contribution in [2.75, 3.05) is 5.32 Å². The molecule has 94 valence electrons. The van der Waals surface area contributed by atoms with E-state index in [0.717, 1.165) is 5.69 Å². The Hall–Kier alpha value is -2.89.